The van der Waals surface area contributed by atoms with Gasteiger partial charge in [0.15, 0.2) is 0 Å². The third-order valence-electron chi connectivity index (χ3n) is 7.79. The average molecular weight is 562 g/mol. The number of carbonyl (C=O) groups is 1. The third kappa shape index (κ3) is 7.11. The maximum absolute atomic E-state index is 13.7. The van der Waals surface area contributed by atoms with Crippen LogP contribution >= 0.6 is 0 Å². The summed E-state index contributed by atoms with van der Waals surface area (Å²) in [5, 5.41) is 9.44. The van der Waals surface area contributed by atoms with Crippen molar-refractivity contribution in [2.45, 2.75) is 63.1 Å². The molecule has 1 aliphatic heterocycles. The summed E-state index contributed by atoms with van der Waals surface area (Å²) in [5.74, 6) is -2.09. The minimum absolute atomic E-state index is 0.0209. The average Bonchev–Trinajstić information content (AvgIpc) is 3.25. The molecule has 2 aromatic rings. The predicted molar refractivity (Wildman–Crippen MR) is 128 cm³/mol. The third-order valence-corrected chi connectivity index (χ3v) is 7.79. The number of alkyl halides is 6. The Kier molecular flexibility index (Phi) is 8.61. The van der Waals surface area contributed by atoms with Gasteiger partial charge in [0.1, 0.15) is 5.82 Å². The lowest BCUT2D eigenvalue weighted by atomic mass is 9.86. The molecule has 1 saturated carbocycles. The van der Waals surface area contributed by atoms with Crippen LogP contribution in [-0.4, -0.2) is 41.7 Å². The Labute approximate surface area is 221 Å². The fraction of sp³-hybridized carbons (Fsp3) is 0.536. The van der Waals surface area contributed by atoms with Crippen LogP contribution in [0.3, 0.4) is 0 Å². The van der Waals surface area contributed by atoms with Crippen molar-refractivity contribution >= 4 is 5.97 Å². The van der Waals surface area contributed by atoms with Gasteiger partial charge < -0.3 is 14.7 Å². The Morgan fingerprint density at radius 2 is 1.62 bits per heavy atom. The topological polar surface area (TPSA) is 49.8 Å². The molecular formula is C28H30F7NO3. The van der Waals surface area contributed by atoms with Crippen molar-refractivity contribution in [2.24, 2.45) is 11.8 Å². The normalized spacial score (nSPS) is 25.5. The number of benzene rings is 2. The van der Waals surface area contributed by atoms with E-state index in [-0.39, 0.29) is 23.5 Å². The van der Waals surface area contributed by atoms with E-state index in [2.05, 4.69) is 4.90 Å². The molecule has 11 heteroatoms. The first kappa shape index (κ1) is 29.3. The largest absolute Gasteiger partial charge is 0.481 e. The van der Waals surface area contributed by atoms with E-state index in [0.29, 0.717) is 44.5 Å². The van der Waals surface area contributed by atoms with Crippen LogP contribution in [0.5, 0.6) is 0 Å². The summed E-state index contributed by atoms with van der Waals surface area (Å²) in [7, 11) is 0. The lowest BCUT2D eigenvalue weighted by molar-refractivity contribution is -0.144. The van der Waals surface area contributed by atoms with Gasteiger partial charge in [-0.2, -0.15) is 26.3 Å². The molecule has 1 saturated heterocycles. The first-order valence-electron chi connectivity index (χ1n) is 12.9. The minimum Gasteiger partial charge on any atom is -0.481 e. The standard InChI is InChI=1S/C28H30F7NO3/c1-16(20-11-21(27(30,31)32)13-22(12-20)28(33,34)35)39-24-9-6-18(25(24)17-4-7-23(29)8-5-17)14-36-10-2-3-19(15-36)26(37)38/h4-5,7-8,11-13,16,18-19,24-25H,2-3,6,9-10,14-15H2,1H3,(H,37,38)/t16-,18?,19+,24?,25?/m0/s1. The molecule has 0 aromatic heterocycles. The number of hydrogen-bond acceptors (Lipinski definition) is 3. The number of piperidine rings is 1. The molecular weight excluding hydrogens is 531 g/mol. The van der Waals surface area contributed by atoms with Crippen LogP contribution in [0.25, 0.3) is 0 Å². The van der Waals surface area contributed by atoms with Crippen LogP contribution in [0, 0.1) is 17.7 Å². The second-order valence-electron chi connectivity index (χ2n) is 10.5. The molecule has 0 radical (unpaired) electrons. The smallest absolute Gasteiger partial charge is 0.416 e. The predicted octanol–water partition coefficient (Wildman–Crippen LogP) is 7.30. The monoisotopic (exact) mass is 561 g/mol. The van der Waals surface area contributed by atoms with Crippen LogP contribution < -0.4 is 0 Å². The maximum Gasteiger partial charge on any atom is 0.416 e. The first-order valence-corrected chi connectivity index (χ1v) is 12.9. The molecule has 4 nitrogen and oxygen atoms in total. The lowest BCUT2D eigenvalue weighted by Crippen LogP contribution is -2.42. The quantitative estimate of drug-likeness (QED) is 0.361. The van der Waals surface area contributed by atoms with Crippen LogP contribution in [0.15, 0.2) is 42.5 Å². The van der Waals surface area contributed by atoms with Crippen molar-refractivity contribution in [3.8, 4) is 0 Å². The summed E-state index contributed by atoms with van der Waals surface area (Å²) in [6.45, 7) is 3.10. The zero-order chi connectivity index (χ0) is 28.5. The van der Waals surface area contributed by atoms with Crippen LogP contribution in [0.1, 0.15) is 66.9 Å². The van der Waals surface area contributed by atoms with E-state index in [9.17, 15) is 40.6 Å². The molecule has 214 valence electrons. The highest BCUT2D eigenvalue weighted by molar-refractivity contribution is 5.70. The van der Waals surface area contributed by atoms with Gasteiger partial charge in [0, 0.05) is 19.0 Å². The lowest BCUT2D eigenvalue weighted by Gasteiger charge is -2.35. The van der Waals surface area contributed by atoms with E-state index in [1.54, 1.807) is 12.1 Å². The number of ether oxygens (including phenoxy) is 1. The Balaban J connectivity index is 1.59. The number of hydrogen-bond donors (Lipinski definition) is 1. The number of likely N-dealkylation sites (tertiary alicyclic amines) is 1. The fourth-order valence-electron chi connectivity index (χ4n) is 5.88. The van der Waals surface area contributed by atoms with Crippen molar-refractivity contribution in [1.29, 1.82) is 0 Å². The number of carboxylic acid groups (broad SMARTS) is 1. The molecule has 1 N–H and O–H groups in total. The summed E-state index contributed by atoms with van der Waals surface area (Å²) >= 11 is 0. The summed E-state index contributed by atoms with van der Waals surface area (Å²) in [4.78, 5) is 13.6. The summed E-state index contributed by atoms with van der Waals surface area (Å²) in [5.41, 5.74) is -2.29. The van der Waals surface area contributed by atoms with Crippen molar-refractivity contribution in [3.63, 3.8) is 0 Å². The Hall–Kier alpha value is -2.66. The van der Waals surface area contributed by atoms with Crippen molar-refractivity contribution in [3.05, 3.63) is 70.5 Å². The van der Waals surface area contributed by atoms with Gasteiger partial charge in [-0.3, -0.25) is 4.79 Å². The molecule has 1 heterocycles. The van der Waals surface area contributed by atoms with Crippen molar-refractivity contribution in [2.75, 3.05) is 19.6 Å². The van der Waals surface area contributed by atoms with E-state index < -0.39 is 53.4 Å². The van der Waals surface area contributed by atoms with Gasteiger partial charge in [0.2, 0.25) is 0 Å². The molecule has 2 aliphatic rings. The highest BCUT2D eigenvalue weighted by Gasteiger charge is 2.42. The molecule has 2 aromatic carbocycles. The number of carboxylic acids is 1. The second-order valence-corrected chi connectivity index (χ2v) is 10.5. The number of nitrogens with zero attached hydrogens (tertiary/aromatic N) is 1. The second kappa shape index (κ2) is 11.4. The molecule has 3 unspecified atom stereocenters. The molecule has 2 fully saturated rings. The van der Waals surface area contributed by atoms with Gasteiger partial charge in [-0.1, -0.05) is 12.1 Å². The first-order chi connectivity index (χ1) is 18.2. The Morgan fingerprint density at radius 3 is 2.18 bits per heavy atom. The van der Waals surface area contributed by atoms with Crippen LogP contribution in [-0.2, 0) is 21.9 Å². The Morgan fingerprint density at radius 1 is 1.00 bits per heavy atom. The van der Waals surface area contributed by atoms with Gasteiger partial charge in [-0.25, -0.2) is 4.39 Å². The van der Waals surface area contributed by atoms with Gasteiger partial charge in [-0.15, -0.1) is 0 Å². The maximum atomic E-state index is 13.7. The molecule has 5 atom stereocenters. The van der Waals surface area contributed by atoms with Crippen LogP contribution in [0.2, 0.25) is 0 Å². The van der Waals surface area contributed by atoms with Gasteiger partial charge in [0.05, 0.1) is 29.3 Å². The molecule has 39 heavy (non-hydrogen) atoms. The highest BCUT2D eigenvalue weighted by Crippen LogP contribution is 2.45. The number of rotatable bonds is 7. The van der Waals surface area contributed by atoms with Crippen LogP contribution in [0.4, 0.5) is 30.7 Å². The van der Waals surface area contributed by atoms with E-state index in [0.717, 1.165) is 18.5 Å². The molecule has 0 spiro atoms. The number of halogens is 7. The zero-order valence-electron chi connectivity index (χ0n) is 21.2. The fourth-order valence-corrected chi connectivity index (χ4v) is 5.88. The van der Waals surface area contributed by atoms with Gasteiger partial charge in [0.25, 0.3) is 0 Å². The molecule has 4 rings (SSSR count). The molecule has 1 aliphatic carbocycles. The summed E-state index contributed by atoms with van der Waals surface area (Å²) < 4.78 is 100. The number of aliphatic carboxylic acids is 1. The van der Waals surface area contributed by atoms with E-state index in [1.165, 1.54) is 19.1 Å². The van der Waals surface area contributed by atoms with Crippen molar-refractivity contribution in [1.82, 2.24) is 4.90 Å². The molecule has 0 bridgehead atoms. The van der Waals surface area contributed by atoms with Gasteiger partial charge in [-0.05, 0) is 86.5 Å². The van der Waals surface area contributed by atoms with Gasteiger partial charge >= 0.3 is 18.3 Å². The van der Waals surface area contributed by atoms with E-state index >= 15 is 0 Å². The van der Waals surface area contributed by atoms with E-state index in [4.69, 9.17) is 4.74 Å². The SMILES string of the molecule is C[C@H](OC1CCC(CN2CCC[C@@H](C(=O)O)C2)C1c1ccc(F)cc1)c1cc(C(F)(F)F)cc(C(F)(F)F)c1. The highest BCUT2D eigenvalue weighted by atomic mass is 19.4. The summed E-state index contributed by atoms with van der Waals surface area (Å²) in [6.07, 6.45) is -9.06. The molecule has 0 amide bonds. The van der Waals surface area contributed by atoms with E-state index in [1.807, 2.05) is 0 Å². The Bertz CT molecular complexity index is 1120. The zero-order valence-corrected chi connectivity index (χ0v) is 21.2. The summed E-state index contributed by atoms with van der Waals surface area (Å²) in [6, 6.07) is 7.28. The van der Waals surface area contributed by atoms with Crippen molar-refractivity contribution < 1.29 is 45.4 Å². The minimum atomic E-state index is -4.97.